The molecule has 1 aromatic heterocycles. The van der Waals surface area contributed by atoms with E-state index in [9.17, 15) is 14.4 Å². The summed E-state index contributed by atoms with van der Waals surface area (Å²) in [5.41, 5.74) is 0.0638. The van der Waals surface area contributed by atoms with Crippen molar-refractivity contribution in [1.82, 2.24) is 15.6 Å². The summed E-state index contributed by atoms with van der Waals surface area (Å²) in [4.78, 5) is 37.3. The van der Waals surface area contributed by atoms with Crippen LogP contribution in [0.5, 0.6) is 0 Å². The molecule has 0 aliphatic carbocycles. The van der Waals surface area contributed by atoms with Gasteiger partial charge in [-0.2, -0.15) is 0 Å². The van der Waals surface area contributed by atoms with Gasteiger partial charge in [0.25, 0.3) is 5.91 Å². The van der Waals surface area contributed by atoms with Crippen molar-refractivity contribution in [3.8, 4) is 0 Å². The van der Waals surface area contributed by atoms with Crippen LogP contribution in [0.2, 0.25) is 0 Å². The summed E-state index contributed by atoms with van der Waals surface area (Å²) in [5, 5.41) is 14.2. The lowest BCUT2D eigenvalue weighted by Gasteiger charge is -2.23. The molecule has 1 saturated heterocycles. The third-order valence-electron chi connectivity index (χ3n) is 2.84. The zero-order valence-corrected chi connectivity index (χ0v) is 10.0. The van der Waals surface area contributed by atoms with Crippen molar-refractivity contribution in [3.63, 3.8) is 0 Å². The highest BCUT2D eigenvalue weighted by Gasteiger charge is 2.20. The Hall–Kier alpha value is -2.44. The van der Waals surface area contributed by atoms with Gasteiger partial charge in [-0.15, -0.1) is 0 Å². The number of piperidine rings is 1. The van der Waals surface area contributed by atoms with Gasteiger partial charge >= 0.3 is 5.97 Å². The maximum atomic E-state index is 11.9. The molecular weight excluding hydrogens is 250 g/mol. The smallest absolute Gasteiger partial charge is 0.354 e. The predicted molar refractivity (Wildman–Crippen MR) is 64.7 cm³/mol. The van der Waals surface area contributed by atoms with Gasteiger partial charge in [0.1, 0.15) is 5.69 Å². The molecule has 1 aromatic rings. The summed E-state index contributed by atoms with van der Waals surface area (Å²) >= 11 is 0. The van der Waals surface area contributed by atoms with Crippen molar-refractivity contribution in [2.45, 2.75) is 18.9 Å². The van der Waals surface area contributed by atoms with Gasteiger partial charge in [-0.1, -0.05) is 0 Å². The number of hydrogen-bond acceptors (Lipinski definition) is 4. The second kappa shape index (κ2) is 5.47. The highest BCUT2D eigenvalue weighted by molar-refractivity contribution is 5.96. The number of nitrogens with zero attached hydrogens (tertiary/aromatic N) is 1. The first-order valence-electron chi connectivity index (χ1n) is 5.83. The predicted octanol–water partition coefficient (Wildman–Crippen LogP) is -0.212. The van der Waals surface area contributed by atoms with Gasteiger partial charge in [0, 0.05) is 30.8 Å². The lowest BCUT2D eigenvalue weighted by atomic mass is 10.1. The molecule has 1 fully saturated rings. The van der Waals surface area contributed by atoms with Crippen molar-refractivity contribution in [2.24, 2.45) is 0 Å². The Kier molecular flexibility index (Phi) is 3.74. The van der Waals surface area contributed by atoms with Crippen LogP contribution in [-0.2, 0) is 4.79 Å². The number of carbonyl (C=O) groups is 3. The molecule has 7 heteroatoms. The van der Waals surface area contributed by atoms with Crippen LogP contribution in [0.1, 0.15) is 33.7 Å². The molecule has 19 heavy (non-hydrogen) atoms. The van der Waals surface area contributed by atoms with Crippen molar-refractivity contribution in [3.05, 3.63) is 29.6 Å². The van der Waals surface area contributed by atoms with E-state index in [4.69, 9.17) is 5.11 Å². The van der Waals surface area contributed by atoms with Crippen LogP contribution in [0, 0.1) is 0 Å². The molecule has 0 spiro atoms. The largest absolute Gasteiger partial charge is 0.477 e. The second-order valence-electron chi connectivity index (χ2n) is 4.25. The van der Waals surface area contributed by atoms with E-state index in [1.165, 1.54) is 18.3 Å². The van der Waals surface area contributed by atoms with Crippen LogP contribution in [0.4, 0.5) is 0 Å². The molecule has 1 atom stereocenters. The Morgan fingerprint density at radius 2 is 2.26 bits per heavy atom. The molecule has 0 aromatic carbocycles. The summed E-state index contributed by atoms with van der Waals surface area (Å²) in [5.74, 6) is -1.58. The van der Waals surface area contributed by atoms with Crippen LogP contribution in [0.3, 0.4) is 0 Å². The monoisotopic (exact) mass is 263 g/mol. The van der Waals surface area contributed by atoms with Crippen LogP contribution in [-0.4, -0.2) is 40.5 Å². The second-order valence-corrected chi connectivity index (χ2v) is 4.25. The highest BCUT2D eigenvalue weighted by Crippen LogP contribution is 2.06. The molecular formula is C12H13N3O4. The SMILES string of the molecule is O=C1CCC(NC(=O)c2ccnc(C(=O)O)c2)CN1. The fraction of sp³-hybridized carbons (Fsp3) is 0.333. The summed E-state index contributed by atoms with van der Waals surface area (Å²) in [6.07, 6.45) is 2.23. The number of aromatic nitrogens is 1. The number of rotatable bonds is 3. The fourth-order valence-electron chi connectivity index (χ4n) is 1.81. The molecule has 2 amide bonds. The Labute approximate surface area is 109 Å². The van der Waals surface area contributed by atoms with E-state index in [0.29, 0.717) is 19.4 Å². The molecule has 0 saturated carbocycles. The molecule has 0 radical (unpaired) electrons. The van der Waals surface area contributed by atoms with Crippen LogP contribution < -0.4 is 10.6 Å². The zero-order chi connectivity index (χ0) is 13.8. The van der Waals surface area contributed by atoms with Gasteiger partial charge in [-0.25, -0.2) is 9.78 Å². The minimum Gasteiger partial charge on any atom is -0.477 e. The number of nitrogens with one attached hydrogen (secondary N) is 2. The summed E-state index contributed by atoms with van der Waals surface area (Å²) < 4.78 is 0. The molecule has 100 valence electrons. The third-order valence-corrected chi connectivity index (χ3v) is 2.84. The number of hydrogen-bond donors (Lipinski definition) is 3. The average molecular weight is 263 g/mol. The summed E-state index contributed by atoms with van der Waals surface area (Å²) in [6, 6.07) is 2.54. The van der Waals surface area contributed by atoms with Crippen molar-refractivity contribution in [2.75, 3.05) is 6.54 Å². The topological polar surface area (TPSA) is 108 Å². The third kappa shape index (κ3) is 3.27. The van der Waals surface area contributed by atoms with Crippen LogP contribution in [0.15, 0.2) is 18.3 Å². The van der Waals surface area contributed by atoms with E-state index in [1.807, 2.05) is 0 Å². The van der Waals surface area contributed by atoms with Gasteiger partial charge in [-0.05, 0) is 18.6 Å². The first kappa shape index (κ1) is 13.0. The van der Waals surface area contributed by atoms with Gasteiger partial charge in [0.2, 0.25) is 5.91 Å². The van der Waals surface area contributed by atoms with E-state index in [-0.39, 0.29) is 29.1 Å². The minimum absolute atomic E-state index is 0.0254. The quantitative estimate of drug-likeness (QED) is 0.699. The highest BCUT2D eigenvalue weighted by atomic mass is 16.4. The summed E-state index contributed by atoms with van der Waals surface area (Å²) in [7, 11) is 0. The number of carboxylic acid groups (broad SMARTS) is 1. The minimum atomic E-state index is -1.18. The van der Waals surface area contributed by atoms with Crippen molar-refractivity contribution >= 4 is 17.8 Å². The van der Waals surface area contributed by atoms with Crippen molar-refractivity contribution in [1.29, 1.82) is 0 Å². The maximum Gasteiger partial charge on any atom is 0.354 e. The normalized spacial score (nSPS) is 18.5. The average Bonchev–Trinajstić information content (AvgIpc) is 2.41. The Morgan fingerprint density at radius 3 is 2.89 bits per heavy atom. The number of aromatic carboxylic acids is 1. The standard InChI is InChI=1S/C12H13N3O4/c16-10-2-1-8(6-14-10)15-11(17)7-3-4-13-9(5-7)12(18)19/h3-5,8H,1-2,6H2,(H,14,16)(H,15,17)(H,18,19). The number of carboxylic acids is 1. The molecule has 2 heterocycles. The van der Waals surface area contributed by atoms with E-state index < -0.39 is 5.97 Å². The number of amides is 2. The van der Waals surface area contributed by atoms with Crippen molar-refractivity contribution < 1.29 is 19.5 Å². The molecule has 1 unspecified atom stereocenters. The maximum absolute atomic E-state index is 11.9. The number of carbonyl (C=O) groups excluding carboxylic acids is 2. The molecule has 2 rings (SSSR count). The first-order valence-corrected chi connectivity index (χ1v) is 5.83. The van der Waals surface area contributed by atoms with E-state index in [1.54, 1.807) is 0 Å². The van der Waals surface area contributed by atoms with E-state index >= 15 is 0 Å². The molecule has 1 aliphatic rings. The Balaban J connectivity index is 2.01. The van der Waals surface area contributed by atoms with Gasteiger partial charge < -0.3 is 15.7 Å². The molecule has 3 N–H and O–H groups in total. The van der Waals surface area contributed by atoms with Gasteiger partial charge in [0.05, 0.1) is 0 Å². The van der Waals surface area contributed by atoms with Gasteiger partial charge in [-0.3, -0.25) is 9.59 Å². The molecule has 7 nitrogen and oxygen atoms in total. The van der Waals surface area contributed by atoms with Crippen LogP contribution >= 0.6 is 0 Å². The van der Waals surface area contributed by atoms with E-state index in [0.717, 1.165) is 0 Å². The Morgan fingerprint density at radius 1 is 1.47 bits per heavy atom. The first-order chi connectivity index (χ1) is 9.06. The van der Waals surface area contributed by atoms with E-state index in [2.05, 4.69) is 15.6 Å². The lowest BCUT2D eigenvalue weighted by molar-refractivity contribution is -0.122. The zero-order valence-electron chi connectivity index (χ0n) is 10.0. The number of pyridine rings is 1. The van der Waals surface area contributed by atoms with Crippen LogP contribution in [0.25, 0.3) is 0 Å². The molecule has 1 aliphatic heterocycles. The fourth-order valence-corrected chi connectivity index (χ4v) is 1.81. The summed E-state index contributed by atoms with van der Waals surface area (Å²) in [6.45, 7) is 0.390. The lowest BCUT2D eigenvalue weighted by Crippen LogP contribution is -2.47. The van der Waals surface area contributed by atoms with Gasteiger partial charge in [0.15, 0.2) is 0 Å². The Bertz CT molecular complexity index is 519. The molecule has 0 bridgehead atoms.